The topological polar surface area (TPSA) is 21.3 Å². The zero-order valence-electron chi connectivity index (χ0n) is 11.6. The predicted molar refractivity (Wildman–Crippen MR) is 79.1 cm³/mol. The number of likely N-dealkylation sites (N-methyl/N-ethyl adjacent to an activating group) is 1. The fraction of sp³-hybridized carbons (Fsp3) is 0.294. The highest BCUT2D eigenvalue weighted by Gasteiger charge is 2.11. The number of hydrogen-bond donors (Lipinski definition) is 1. The van der Waals surface area contributed by atoms with E-state index in [9.17, 15) is 0 Å². The molecule has 2 nitrogen and oxygen atoms in total. The Balaban J connectivity index is 2.04. The smallest absolute Gasteiger partial charge is 0.0953 e. The highest BCUT2D eigenvalue weighted by atomic mass is 16.5. The molecule has 1 N–H and O–H groups in total. The Labute approximate surface area is 115 Å². The van der Waals surface area contributed by atoms with Crippen LogP contribution in [0.5, 0.6) is 0 Å². The standard InChI is InChI=1S/C17H21NO/c1-14-7-6-10-16(11-14)17(12-18-2)19-13-15-8-4-3-5-9-15/h3-11,17-18H,12-13H2,1-2H3. The maximum atomic E-state index is 6.05. The first-order valence-electron chi connectivity index (χ1n) is 6.66. The van der Waals surface area contributed by atoms with Gasteiger partial charge in [0.1, 0.15) is 0 Å². The summed E-state index contributed by atoms with van der Waals surface area (Å²) in [6.45, 7) is 3.56. The molecule has 0 amide bonds. The van der Waals surface area contributed by atoms with Crippen molar-refractivity contribution in [2.45, 2.75) is 19.6 Å². The Hall–Kier alpha value is -1.64. The van der Waals surface area contributed by atoms with E-state index in [1.54, 1.807) is 0 Å². The van der Waals surface area contributed by atoms with Gasteiger partial charge in [0.15, 0.2) is 0 Å². The Morgan fingerprint density at radius 1 is 1.05 bits per heavy atom. The van der Waals surface area contributed by atoms with Crippen LogP contribution in [0.15, 0.2) is 54.6 Å². The van der Waals surface area contributed by atoms with Gasteiger partial charge in [-0.3, -0.25) is 0 Å². The van der Waals surface area contributed by atoms with Crippen LogP contribution in [0.3, 0.4) is 0 Å². The molecule has 0 radical (unpaired) electrons. The van der Waals surface area contributed by atoms with Crippen LogP contribution in [-0.2, 0) is 11.3 Å². The lowest BCUT2D eigenvalue weighted by Crippen LogP contribution is -2.19. The van der Waals surface area contributed by atoms with E-state index in [2.05, 4.69) is 48.6 Å². The lowest BCUT2D eigenvalue weighted by Gasteiger charge is -2.18. The molecule has 0 heterocycles. The second-order valence-electron chi connectivity index (χ2n) is 4.76. The molecule has 0 bridgehead atoms. The Morgan fingerprint density at radius 2 is 1.84 bits per heavy atom. The van der Waals surface area contributed by atoms with E-state index < -0.39 is 0 Å². The largest absolute Gasteiger partial charge is 0.368 e. The lowest BCUT2D eigenvalue weighted by molar-refractivity contribution is 0.0410. The van der Waals surface area contributed by atoms with E-state index in [0.29, 0.717) is 6.61 Å². The average Bonchev–Trinajstić information content (AvgIpc) is 2.44. The molecule has 0 fully saturated rings. The minimum Gasteiger partial charge on any atom is -0.368 e. The molecule has 1 unspecified atom stereocenters. The third-order valence-electron chi connectivity index (χ3n) is 3.10. The van der Waals surface area contributed by atoms with Crippen molar-refractivity contribution in [1.82, 2.24) is 5.32 Å². The van der Waals surface area contributed by atoms with E-state index in [1.807, 2.05) is 25.2 Å². The van der Waals surface area contributed by atoms with Crippen molar-refractivity contribution < 1.29 is 4.74 Å². The molecule has 0 spiro atoms. The van der Waals surface area contributed by atoms with Gasteiger partial charge in [-0.1, -0.05) is 60.2 Å². The molecule has 0 aromatic heterocycles. The van der Waals surface area contributed by atoms with Crippen molar-refractivity contribution in [2.75, 3.05) is 13.6 Å². The van der Waals surface area contributed by atoms with Gasteiger partial charge >= 0.3 is 0 Å². The Morgan fingerprint density at radius 3 is 2.53 bits per heavy atom. The van der Waals surface area contributed by atoms with Crippen molar-refractivity contribution >= 4 is 0 Å². The first-order valence-corrected chi connectivity index (χ1v) is 6.66. The lowest BCUT2D eigenvalue weighted by atomic mass is 10.1. The van der Waals surface area contributed by atoms with Gasteiger partial charge in [0.25, 0.3) is 0 Å². The number of nitrogens with one attached hydrogen (secondary N) is 1. The molecule has 2 heteroatoms. The summed E-state index contributed by atoms with van der Waals surface area (Å²) >= 11 is 0. The van der Waals surface area contributed by atoms with E-state index in [0.717, 1.165) is 6.54 Å². The van der Waals surface area contributed by atoms with E-state index >= 15 is 0 Å². The summed E-state index contributed by atoms with van der Waals surface area (Å²) in [4.78, 5) is 0. The van der Waals surface area contributed by atoms with Gasteiger partial charge in [0.05, 0.1) is 12.7 Å². The van der Waals surface area contributed by atoms with Crippen LogP contribution in [0.25, 0.3) is 0 Å². The second-order valence-corrected chi connectivity index (χ2v) is 4.76. The molecule has 0 aliphatic rings. The highest BCUT2D eigenvalue weighted by molar-refractivity contribution is 5.24. The predicted octanol–water partition coefficient (Wildman–Crippen LogP) is 3.47. The van der Waals surface area contributed by atoms with Crippen LogP contribution < -0.4 is 5.32 Å². The van der Waals surface area contributed by atoms with Crippen LogP contribution >= 0.6 is 0 Å². The van der Waals surface area contributed by atoms with Gasteiger partial charge in [-0.15, -0.1) is 0 Å². The normalized spacial score (nSPS) is 12.3. The zero-order chi connectivity index (χ0) is 13.5. The molecule has 0 saturated heterocycles. The van der Waals surface area contributed by atoms with Gasteiger partial charge in [-0.05, 0) is 25.1 Å². The summed E-state index contributed by atoms with van der Waals surface area (Å²) in [5.41, 5.74) is 3.70. The molecule has 2 aromatic rings. The van der Waals surface area contributed by atoms with Crippen molar-refractivity contribution in [3.05, 3.63) is 71.3 Å². The van der Waals surface area contributed by atoms with Gasteiger partial charge in [0.2, 0.25) is 0 Å². The van der Waals surface area contributed by atoms with E-state index in [-0.39, 0.29) is 6.10 Å². The number of hydrogen-bond acceptors (Lipinski definition) is 2. The quantitative estimate of drug-likeness (QED) is 0.853. The Bertz CT molecular complexity index is 496. The summed E-state index contributed by atoms with van der Waals surface area (Å²) in [6.07, 6.45) is 0.0881. The molecular weight excluding hydrogens is 234 g/mol. The average molecular weight is 255 g/mol. The van der Waals surface area contributed by atoms with Crippen LogP contribution in [0.1, 0.15) is 22.8 Å². The van der Waals surface area contributed by atoms with Crippen LogP contribution in [0, 0.1) is 6.92 Å². The SMILES string of the molecule is CNCC(OCc1ccccc1)c1cccc(C)c1. The molecule has 2 aromatic carbocycles. The molecule has 0 aliphatic heterocycles. The maximum Gasteiger partial charge on any atom is 0.0953 e. The van der Waals surface area contributed by atoms with E-state index in [1.165, 1.54) is 16.7 Å². The second kappa shape index (κ2) is 7.07. The minimum absolute atomic E-state index is 0.0881. The Kier molecular flexibility index (Phi) is 5.13. The zero-order valence-corrected chi connectivity index (χ0v) is 11.6. The highest BCUT2D eigenvalue weighted by Crippen LogP contribution is 2.19. The van der Waals surface area contributed by atoms with Gasteiger partial charge < -0.3 is 10.1 Å². The molecule has 2 rings (SSSR count). The van der Waals surface area contributed by atoms with Crippen molar-refractivity contribution in [3.63, 3.8) is 0 Å². The molecule has 100 valence electrons. The minimum atomic E-state index is 0.0881. The van der Waals surface area contributed by atoms with E-state index in [4.69, 9.17) is 4.74 Å². The molecule has 19 heavy (non-hydrogen) atoms. The third-order valence-corrected chi connectivity index (χ3v) is 3.10. The van der Waals surface area contributed by atoms with Crippen molar-refractivity contribution in [2.24, 2.45) is 0 Å². The van der Waals surface area contributed by atoms with Gasteiger partial charge in [-0.2, -0.15) is 0 Å². The first-order chi connectivity index (χ1) is 9.29. The van der Waals surface area contributed by atoms with Crippen molar-refractivity contribution in [3.8, 4) is 0 Å². The molecule has 0 aliphatic carbocycles. The van der Waals surface area contributed by atoms with Crippen LogP contribution in [0.2, 0.25) is 0 Å². The van der Waals surface area contributed by atoms with Crippen LogP contribution in [0.4, 0.5) is 0 Å². The summed E-state index contributed by atoms with van der Waals surface area (Å²) in [5, 5.41) is 3.20. The molecule has 0 saturated carbocycles. The van der Waals surface area contributed by atoms with Crippen molar-refractivity contribution in [1.29, 1.82) is 0 Å². The fourth-order valence-electron chi connectivity index (χ4n) is 2.10. The molecule has 1 atom stereocenters. The van der Waals surface area contributed by atoms with Crippen LogP contribution in [-0.4, -0.2) is 13.6 Å². The summed E-state index contributed by atoms with van der Waals surface area (Å²) in [6, 6.07) is 18.8. The first kappa shape index (κ1) is 13.8. The number of ether oxygens (including phenoxy) is 1. The third kappa shape index (κ3) is 4.19. The summed E-state index contributed by atoms with van der Waals surface area (Å²) < 4.78 is 6.05. The number of benzene rings is 2. The summed E-state index contributed by atoms with van der Waals surface area (Å²) in [5.74, 6) is 0. The fourth-order valence-corrected chi connectivity index (χ4v) is 2.10. The monoisotopic (exact) mass is 255 g/mol. The number of rotatable bonds is 6. The summed E-state index contributed by atoms with van der Waals surface area (Å²) in [7, 11) is 1.95. The maximum absolute atomic E-state index is 6.05. The van der Waals surface area contributed by atoms with Gasteiger partial charge in [0, 0.05) is 6.54 Å². The number of aryl methyl sites for hydroxylation is 1. The van der Waals surface area contributed by atoms with Gasteiger partial charge in [-0.25, -0.2) is 0 Å². The molecular formula is C17H21NO.